The lowest BCUT2D eigenvalue weighted by atomic mass is 10.1. The number of aromatic nitrogens is 3. The number of anilines is 1. The summed E-state index contributed by atoms with van der Waals surface area (Å²) < 4.78 is 39.4. The largest absolute Gasteiger partial charge is 0.435 e. The highest BCUT2D eigenvalue weighted by molar-refractivity contribution is 7.22. The smallest absolute Gasteiger partial charge is 0.300 e. The van der Waals surface area contributed by atoms with E-state index >= 15 is 0 Å². The lowest BCUT2D eigenvalue weighted by molar-refractivity contribution is -0.141. The van der Waals surface area contributed by atoms with Crippen LogP contribution in [0.3, 0.4) is 0 Å². The molecular formula is C15H13F3N4OS. The molecule has 2 aromatic heterocycles. The first-order chi connectivity index (χ1) is 11.2. The zero-order valence-electron chi connectivity index (χ0n) is 12.8. The summed E-state index contributed by atoms with van der Waals surface area (Å²) in [5, 5.41) is 6.36. The summed E-state index contributed by atoms with van der Waals surface area (Å²) in [7, 11) is 0. The number of nitrogens with one attached hydrogen (secondary N) is 1. The average Bonchev–Trinajstić information content (AvgIpc) is 3.04. The van der Waals surface area contributed by atoms with Crippen molar-refractivity contribution in [3.8, 4) is 0 Å². The molecule has 3 rings (SSSR count). The van der Waals surface area contributed by atoms with E-state index in [2.05, 4.69) is 15.4 Å². The predicted octanol–water partition coefficient (Wildman–Crippen LogP) is 3.77. The van der Waals surface area contributed by atoms with E-state index in [1.54, 1.807) is 0 Å². The standard InChI is InChI=1S/C15H13F3N4OS/c1-8-5-9(2)13-10(6-8)24-14(20-13)19-12(23)7-22-4-3-11(21-22)15(16,17)18/h3-6H,7H2,1-2H3,(H,19,20,23). The molecule has 0 saturated carbocycles. The first-order valence-corrected chi connectivity index (χ1v) is 7.82. The highest BCUT2D eigenvalue weighted by Crippen LogP contribution is 2.29. The lowest BCUT2D eigenvalue weighted by Crippen LogP contribution is -2.19. The Hall–Kier alpha value is -2.42. The first kappa shape index (κ1) is 16.4. The van der Waals surface area contributed by atoms with Crippen molar-refractivity contribution in [2.75, 3.05) is 5.32 Å². The van der Waals surface area contributed by atoms with E-state index in [-0.39, 0.29) is 6.54 Å². The summed E-state index contributed by atoms with van der Waals surface area (Å²) in [5.74, 6) is -0.486. The van der Waals surface area contributed by atoms with Crippen LogP contribution in [0.2, 0.25) is 0 Å². The van der Waals surface area contributed by atoms with Crippen molar-refractivity contribution in [2.24, 2.45) is 0 Å². The monoisotopic (exact) mass is 354 g/mol. The average molecular weight is 354 g/mol. The molecule has 1 amide bonds. The van der Waals surface area contributed by atoms with Gasteiger partial charge >= 0.3 is 6.18 Å². The Kier molecular flexibility index (Phi) is 4.04. The van der Waals surface area contributed by atoms with Gasteiger partial charge in [0.05, 0.1) is 10.2 Å². The van der Waals surface area contributed by atoms with Crippen LogP contribution in [0.5, 0.6) is 0 Å². The summed E-state index contributed by atoms with van der Waals surface area (Å²) in [4.78, 5) is 16.3. The second-order valence-electron chi connectivity index (χ2n) is 5.39. The van der Waals surface area contributed by atoms with Crippen LogP contribution in [-0.2, 0) is 17.5 Å². The molecule has 1 aromatic carbocycles. The molecular weight excluding hydrogens is 341 g/mol. The molecule has 2 heterocycles. The number of carbonyl (C=O) groups excluding carboxylic acids is 1. The molecule has 0 fully saturated rings. The Balaban J connectivity index is 1.73. The van der Waals surface area contributed by atoms with E-state index in [0.717, 1.165) is 38.3 Å². The minimum atomic E-state index is -4.52. The number of halogens is 3. The van der Waals surface area contributed by atoms with Gasteiger partial charge in [-0.25, -0.2) is 4.98 Å². The zero-order chi connectivity index (χ0) is 17.5. The highest BCUT2D eigenvalue weighted by Gasteiger charge is 2.33. The van der Waals surface area contributed by atoms with Crippen LogP contribution >= 0.6 is 11.3 Å². The SMILES string of the molecule is Cc1cc(C)c2nc(NC(=O)Cn3ccc(C(F)(F)F)n3)sc2c1. The van der Waals surface area contributed by atoms with E-state index in [1.165, 1.54) is 11.3 Å². The van der Waals surface area contributed by atoms with Crippen LogP contribution < -0.4 is 5.32 Å². The third-order valence-electron chi connectivity index (χ3n) is 3.31. The minimum absolute atomic E-state index is 0.315. The normalized spacial score (nSPS) is 11.9. The number of alkyl halides is 3. The summed E-state index contributed by atoms with van der Waals surface area (Å²) in [5.41, 5.74) is 1.88. The maximum atomic E-state index is 12.5. The Labute approximate surface area is 139 Å². The number of benzene rings is 1. The quantitative estimate of drug-likeness (QED) is 0.779. The summed E-state index contributed by atoms with van der Waals surface area (Å²) in [6, 6.07) is 4.80. The molecule has 0 radical (unpaired) electrons. The molecule has 5 nitrogen and oxygen atoms in total. The van der Waals surface area contributed by atoms with Crippen molar-refractivity contribution in [1.29, 1.82) is 0 Å². The van der Waals surface area contributed by atoms with Gasteiger partial charge in [0, 0.05) is 6.20 Å². The first-order valence-electron chi connectivity index (χ1n) is 7.00. The fraction of sp³-hybridized carbons (Fsp3) is 0.267. The van der Waals surface area contributed by atoms with Crippen LogP contribution in [0.4, 0.5) is 18.3 Å². The number of amides is 1. The topological polar surface area (TPSA) is 59.8 Å². The Morgan fingerprint density at radius 3 is 2.75 bits per heavy atom. The van der Waals surface area contributed by atoms with Crippen molar-refractivity contribution in [1.82, 2.24) is 14.8 Å². The van der Waals surface area contributed by atoms with Crippen LogP contribution in [0.25, 0.3) is 10.2 Å². The molecule has 3 aromatic rings. The summed E-state index contributed by atoms with van der Waals surface area (Å²) in [6.45, 7) is 3.59. The number of aryl methyl sites for hydroxylation is 2. The Bertz CT molecular complexity index is 913. The van der Waals surface area contributed by atoms with Crippen molar-refractivity contribution < 1.29 is 18.0 Å². The van der Waals surface area contributed by atoms with Gasteiger partial charge in [-0.05, 0) is 37.1 Å². The van der Waals surface area contributed by atoms with Crippen LogP contribution in [0.15, 0.2) is 24.4 Å². The second kappa shape index (κ2) is 5.90. The fourth-order valence-electron chi connectivity index (χ4n) is 2.33. The predicted molar refractivity (Wildman–Crippen MR) is 85.0 cm³/mol. The maximum Gasteiger partial charge on any atom is 0.435 e. The van der Waals surface area contributed by atoms with Gasteiger partial charge in [0.1, 0.15) is 6.54 Å². The molecule has 0 aliphatic rings. The van der Waals surface area contributed by atoms with E-state index < -0.39 is 17.8 Å². The molecule has 0 bridgehead atoms. The summed E-state index contributed by atoms with van der Waals surface area (Å²) in [6.07, 6.45) is -3.40. The van der Waals surface area contributed by atoms with Gasteiger partial charge in [-0.15, -0.1) is 0 Å². The number of hydrogen-bond acceptors (Lipinski definition) is 4. The molecule has 0 atom stereocenters. The maximum absolute atomic E-state index is 12.5. The van der Waals surface area contributed by atoms with Gasteiger partial charge in [-0.3, -0.25) is 9.48 Å². The summed E-state index contributed by atoms with van der Waals surface area (Å²) >= 11 is 1.32. The number of thiazole rings is 1. The third kappa shape index (κ3) is 3.40. The van der Waals surface area contributed by atoms with Crippen molar-refractivity contribution in [2.45, 2.75) is 26.6 Å². The van der Waals surface area contributed by atoms with Gasteiger partial charge in [0.15, 0.2) is 10.8 Å². The third-order valence-corrected chi connectivity index (χ3v) is 4.23. The Morgan fingerprint density at radius 1 is 1.33 bits per heavy atom. The van der Waals surface area contributed by atoms with E-state index in [9.17, 15) is 18.0 Å². The van der Waals surface area contributed by atoms with E-state index in [0.29, 0.717) is 5.13 Å². The van der Waals surface area contributed by atoms with Crippen molar-refractivity contribution in [3.63, 3.8) is 0 Å². The highest BCUT2D eigenvalue weighted by atomic mass is 32.1. The molecule has 0 aliphatic carbocycles. The molecule has 24 heavy (non-hydrogen) atoms. The van der Waals surface area contributed by atoms with Gasteiger partial charge in [0.2, 0.25) is 5.91 Å². The van der Waals surface area contributed by atoms with Crippen LogP contribution in [-0.4, -0.2) is 20.7 Å². The number of rotatable bonds is 3. The second-order valence-corrected chi connectivity index (χ2v) is 6.42. The molecule has 126 valence electrons. The van der Waals surface area contributed by atoms with Gasteiger partial charge in [-0.2, -0.15) is 18.3 Å². The van der Waals surface area contributed by atoms with E-state index in [1.807, 2.05) is 26.0 Å². The lowest BCUT2D eigenvalue weighted by Gasteiger charge is -2.03. The number of hydrogen-bond donors (Lipinski definition) is 1. The van der Waals surface area contributed by atoms with Crippen LogP contribution in [0.1, 0.15) is 16.8 Å². The van der Waals surface area contributed by atoms with Crippen LogP contribution in [0, 0.1) is 13.8 Å². The number of carbonyl (C=O) groups is 1. The van der Waals surface area contributed by atoms with Gasteiger partial charge in [0.25, 0.3) is 0 Å². The van der Waals surface area contributed by atoms with Gasteiger partial charge in [-0.1, -0.05) is 17.4 Å². The van der Waals surface area contributed by atoms with Crippen molar-refractivity contribution in [3.05, 3.63) is 41.2 Å². The number of nitrogens with zero attached hydrogens (tertiary/aromatic N) is 3. The molecule has 0 saturated heterocycles. The molecule has 1 N–H and O–H groups in total. The molecule has 9 heteroatoms. The van der Waals surface area contributed by atoms with Gasteiger partial charge < -0.3 is 5.32 Å². The van der Waals surface area contributed by atoms with E-state index in [4.69, 9.17) is 0 Å². The minimum Gasteiger partial charge on any atom is -0.300 e. The Morgan fingerprint density at radius 2 is 2.08 bits per heavy atom. The number of fused-ring (bicyclic) bond motifs is 1. The zero-order valence-corrected chi connectivity index (χ0v) is 13.6. The molecule has 0 aliphatic heterocycles. The molecule has 0 unspecified atom stereocenters. The molecule has 0 spiro atoms. The fourth-order valence-corrected chi connectivity index (χ4v) is 3.39. The van der Waals surface area contributed by atoms with Crippen molar-refractivity contribution >= 4 is 32.6 Å².